The molecule has 1 aliphatic heterocycles. The van der Waals surface area contributed by atoms with Crippen LogP contribution in [0.2, 0.25) is 0 Å². The van der Waals surface area contributed by atoms with Gasteiger partial charge in [-0.1, -0.05) is 49.1 Å². The van der Waals surface area contributed by atoms with Gasteiger partial charge in [-0.3, -0.25) is 9.69 Å². The Morgan fingerprint density at radius 2 is 1.92 bits per heavy atom. The second-order valence-electron chi connectivity index (χ2n) is 6.26. The lowest BCUT2D eigenvalue weighted by atomic mass is 10.1. The number of thioether (sulfide) groups is 1. The van der Waals surface area contributed by atoms with Crippen LogP contribution in [0.5, 0.6) is 0 Å². The van der Waals surface area contributed by atoms with Crippen LogP contribution in [-0.4, -0.2) is 26.2 Å². The molecule has 5 heteroatoms. The maximum absolute atomic E-state index is 12.5. The molecule has 3 rings (SSSR count). The predicted molar refractivity (Wildman–Crippen MR) is 115 cm³/mol. The van der Waals surface area contributed by atoms with Gasteiger partial charge in [-0.2, -0.15) is 0 Å². The third kappa shape index (κ3) is 3.41. The number of aromatic nitrogens is 1. The van der Waals surface area contributed by atoms with Gasteiger partial charge in [-0.05, 0) is 55.7 Å². The van der Waals surface area contributed by atoms with Crippen LogP contribution in [0, 0.1) is 13.8 Å². The van der Waals surface area contributed by atoms with Crippen LogP contribution < -0.4 is 0 Å². The summed E-state index contributed by atoms with van der Waals surface area (Å²) < 4.78 is 2.81. The highest BCUT2D eigenvalue weighted by atomic mass is 32.2. The van der Waals surface area contributed by atoms with Gasteiger partial charge < -0.3 is 4.57 Å². The van der Waals surface area contributed by atoms with Crippen molar-refractivity contribution < 1.29 is 4.79 Å². The third-order valence-corrected chi connectivity index (χ3v) is 5.92. The van der Waals surface area contributed by atoms with Crippen LogP contribution >= 0.6 is 24.0 Å². The van der Waals surface area contributed by atoms with Crippen molar-refractivity contribution in [3.05, 3.63) is 70.4 Å². The molecule has 0 N–H and O–H groups in total. The summed E-state index contributed by atoms with van der Waals surface area (Å²) in [7, 11) is 0. The van der Waals surface area contributed by atoms with Crippen molar-refractivity contribution >= 4 is 40.3 Å². The van der Waals surface area contributed by atoms with E-state index in [0.29, 0.717) is 15.8 Å². The number of carbonyl (C=O) groups is 1. The number of rotatable bonds is 5. The zero-order valence-corrected chi connectivity index (χ0v) is 16.9. The summed E-state index contributed by atoms with van der Waals surface area (Å²) in [5, 5.41) is 0. The first kappa shape index (κ1) is 18.7. The number of carbonyl (C=O) groups excluding carboxylic acids is 1. The van der Waals surface area contributed by atoms with Crippen molar-refractivity contribution in [3.8, 4) is 5.69 Å². The van der Waals surface area contributed by atoms with Crippen molar-refractivity contribution in [1.82, 2.24) is 9.47 Å². The molecule has 1 saturated heterocycles. The zero-order chi connectivity index (χ0) is 18.8. The monoisotopic (exact) mass is 382 g/mol. The summed E-state index contributed by atoms with van der Waals surface area (Å²) in [4.78, 5) is 14.8. The molecule has 0 saturated carbocycles. The molecule has 2 heterocycles. The van der Waals surface area contributed by atoms with Gasteiger partial charge in [0.05, 0.1) is 4.91 Å². The second-order valence-corrected chi connectivity index (χ2v) is 7.94. The first-order valence-electron chi connectivity index (χ1n) is 8.60. The molecule has 0 aliphatic carbocycles. The molecule has 1 aliphatic rings. The van der Waals surface area contributed by atoms with Gasteiger partial charge in [0.1, 0.15) is 4.32 Å². The first-order valence-corrected chi connectivity index (χ1v) is 9.83. The van der Waals surface area contributed by atoms with E-state index in [-0.39, 0.29) is 5.91 Å². The highest BCUT2D eigenvalue weighted by Gasteiger charge is 2.31. The SMILES string of the molecule is C=CCN1C(=O)C(=Cc2cc(C)n(-c3ccc(CC)cc3)c2C)SC1=S. The average Bonchev–Trinajstić information content (AvgIpc) is 3.05. The molecule has 1 amide bonds. The number of aryl methyl sites for hydroxylation is 2. The largest absolute Gasteiger partial charge is 0.318 e. The molecule has 0 radical (unpaired) electrons. The Hall–Kier alpha value is -2.11. The normalized spacial score (nSPS) is 16.0. The molecule has 1 aromatic carbocycles. The van der Waals surface area contributed by atoms with Gasteiger partial charge in [0, 0.05) is 23.6 Å². The number of benzene rings is 1. The highest BCUT2D eigenvalue weighted by Crippen LogP contribution is 2.34. The number of thiocarbonyl (C=S) groups is 1. The summed E-state index contributed by atoms with van der Waals surface area (Å²) in [6.07, 6.45) is 4.67. The van der Waals surface area contributed by atoms with E-state index in [0.717, 1.165) is 29.1 Å². The first-order chi connectivity index (χ1) is 12.5. The summed E-state index contributed by atoms with van der Waals surface area (Å²) in [5.41, 5.74) is 5.75. The van der Waals surface area contributed by atoms with Crippen molar-refractivity contribution in [2.75, 3.05) is 6.54 Å². The molecular formula is C21H22N2OS2. The summed E-state index contributed by atoms with van der Waals surface area (Å²) in [6.45, 7) is 10.5. The van der Waals surface area contributed by atoms with Crippen LogP contribution in [0.15, 0.2) is 47.9 Å². The molecule has 0 unspecified atom stereocenters. The van der Waals surface area contributed by atoms with Gasteiger partial charge in [-0.15, -0.1) is 6.58 Å². The standard InChI is InChI=1S/C21H22N2OS2/c1-5-11-22-20(24)19(26-21(22)25)13-17-12-14(3)23(15(17)4)18-9-7-16(6-2)8-10-18/h5,7-10,12-13H,1,6,11H2,2-4H3. The number of hydrogen-bond donors (Lipinski definition) is 0. The van der Waals surface area contributed by atoms with E-state index in [1.807, 2.05) is 6.08 Å². The predicted octanol–water partition coefficient (Wildman–Crippen LogP) is 5.04. The highest BCUT2D eigenvalue weighted by molar-refractivity contribution is 8.26. The van der Waals surface area contributed by atoms with E-state index in [2.05, 4.69) is 62.2 Å². The van der Waals surface area contributed by atoms with Crippen LogP contribution in [0.4, 0.5) is 0 Å². The Morgan fingerprint density at radius 3 is 2.54 bits per heavy atom. The van der Waals surface area contributed by atoms with Crippen molar-refractivity contribution in [2.45, 2.75) is 27.2 Å². The summed E-state index contributed by atoms with van der Waals surface area (Å²) >= 11 is 6.67. The minimum absolute atomic E-state index is 0.0444. The number of nitrogens with zero attached hydrogens (tertiary/aromatic N) is 2. The second kappa shape index (κ2) is 7.64. The number of hydrogen-bond acceptors (Lipinski definition) is 3. The van der Waals surface area contributed by atoms with E-state index in [1.165, 1.54) is 17.3 Å². The molecule has 2 aromatic rings. The van der Waals surface area contributed by atoms with E-state index in [9.17, 15) is 4.79 Å². The van der Waals surface area contributed by atoms with E-state index < -0.39 is 0 Å². The number of amides is 1. The van der Waals surface area contributed by atoms with Crippen molar-refractivity contribution in [3.63, 3.8) is 0 Å². The van der Waals surface area contributed by atoms with Gasteiger partial charge in [0.15, 0.2) is 0 Å². The van der Waals surface area contributed by atoms with Crippen LogP contribution in [0.25, 0.3) is 11.8 Å². The quantitative estimate of drug-likeness (QED) is 0.411. The minimum atomic E-state index is -0.0444. The fourth-order valence-corrected chi connectivity index (χ4v) is 4.41. The van der Waals surface area contributed by atoms with E-state index in [1.54, 1.807) is 11.0 Å². The molecule has 0 spiro atoms. The molecule has 0 atom stereocenters. The fraction of sp³-hybridized carbons (Fsp3) is 0.238. The maximum Gasteiger partial charge on any atom is 0.266 e. The van der Waals surface area contributed by atoms with Crippen LogP contribution in [0.1, 0.15) is 29.4 Å². The topological polar surface area (TPSA) is 25.2 Å². The molecule has 0 bridgehead atoms. The fourth-order valence-electron chi connectivity index (χ4n) is 3.14. The van der Waals surface area contributed by atoms with Crippen LogP contribution in [-0.2, 0) is 11.2 Å². The Morgan fingerprint density at radius 1 is 1.23 bits per heavy atom. The lowest BCUT2D eigenvalue weighted by Gasteiger charge is -2.11. The van der Waals surface area contributed by atoms with E-state index in [4.69, 9.17) is 12.2 Å². The summed E-state index contributed by atoms with van der Waals surface area (Å²) in [6, 6.07) is 10.7. The third-order valence-electron chi connectivity index (χ3n) is 4.54. The average molecular weight is 383 g/mol. The lowest BCUT2D eigenvalue weighted by Crippen LogP contribution is -2.27. The molecule has 26 heavy (non-hydrogen) atoms. The van der Waals surface area contributed by atoms with Crippen molar-refractivity contribution in [2.24, 2.45) is 0 Å². The molecule has 3 nitrogen and oxygen atoms in total. The Kier molecular flexibility index (Phi) is 5.49. The Bertz CT molecular complexity index is 907. The van der Waals surface area contributed by atoms with Gasteiger partial charge in [-0.25, -0.2) is 0 Å². The van der Waals surface area contributed by atoms with E-state index >= 15 is 0 Å². The van der Waals surface area contributed by atoms with Crippen molar-refractivity contribution in [1.29, 1.82) is 0 Å². The molecular weight excluding hydrogens is 360 g/mol. The van der Waals surface area contributed by atoms with Crippen LogP contribution in [0.3, 0.4) is 0 Å². The maximum atomic E-state index is 12.5. The minimum Gasteiger partial charge on any atom is -0.318 e. The molecule has 1 fully saturated rings. The zero-order valence-electron chi connectivity index (χ0n) is 15.3. The summed E-state index contributed by atoms with van der Waals surface area (Å²) in [5.74, 6) is -0.0444. The Balaban J connectivity index is 1.96. The molecule has 1 aromatic heterocycles. The Labute approximate surface area is 164 Å². The smallest absolute Gasteiger partial charge is 0.266 e. The lowest BCUT2D eigenvalue weighted by molar-refractivity contribution is -0.121. The van der Waals surface area contributed by atoms with Gasteiger partial charge in [0.2, 0.25) is 0 Å². The van der Waals surface area contributed by atoms with Gasteiger partial charge >= 0.3 is 0 Å². The van der Waals surface area contributed by atoms with Gasteiger partial charge in [0.25, 0.3) is 5.91 Å². The molecule has 134 valence electrons.